The molecule has 7 nitrogen and oxygen atoms in total. The number of aromatic nitrogens is 1. The van der Waals surface area contributed by atoms with Crippen molar-refractivity contribution in [2.45, 2.75) is 32.1 Å². The molecule has 32 heavy (non-hydrogen) atoms. The average molecular weight is 441 g/mol. The number of piperidine rings is 1. The Morgan fingerprint density at radius 1 is 1.25 bits per heavy atom. The smallest absolute Gasteiger partial charge is 0.165 e. The molecule has 2 aliphatic heterocycles. The van der Waals surface area contributed by atoms with Gasteiger partial charge in [-0.25, -0.2) is 9.37 Å². The van der Waals surface area contributed by atoms with Gasteiger partial charge >= 0.3 is 0 Å². The highest BCUT2D eigenvalue weighted by Crippen LogP contribution is 2.34. The van der Waals surface area contributed by atoms with Crippen LogP contribution in [0.25, 0.3) is 0 Å². The molecule has 1 spiro atoms. The Balaban J connectivity index is 1.42. The Morgan fingerprint density at radius 2 is 2.03 bits per heavy atom. The number of hydrogen-bond acceptors (Lipinski definition) is 7. The van der Waals surface area contributed by atoms with Crippen LogP contribution in [0.4, 0.5) is 10.2 Å². The van der Waals surface area contributed by atoms with Gasteiger partial charge in [0.05, 0.1) is 25.9 Å². The zero-order valence-electron chi connectivity index (χ0n) is 18.3. The second-order valence-electron chi connectivity index (χ2n) is 8.50. The maximum absolute atomic E-state index is 14.2. The van der Waals surface area contributed by atoms with Crippen molar-refractivity contribution in [2.75, 3.05) is 44.9 Å². The highest BCUT2D eigenvalue weighted by molar-refractivity contribution is 5.43. The van der Waals surface area contributed by atoms with Crippen molar-refractivity contribution in [3.05, 3.63) is 53.5 Å². The van der Waals surface area contributed by atoms with Gasteiger partial charge in [0.1, 0.15) is 11.9 Å². The summed E-state index contributed by atoms with van der Waals surface area (Å²) in [6.07, 6.45) is 4.08. The lowest BCUT2D eigenvalue weighted by atomic mass is 9.80. The molecule has 8 heteroatoms. The van der Waals surface area contributed by atoms with Crippen LogP contribution in [0.3, 0.4) is 0 Å². The molecule has 0 bridgehead atoms. The molecule has 2 fully saturated rings. The third-order valence-corrected chi connectivity index (χ3v) is 6.24. The van der Waals surface area contributed by atoms with Crippen LogP contribution >= 0.6 is 0 Å². The van der Waals surface area contributed by atoms with Gasteiger partial charge in [0.15, 0.2) is 17.9 Å². The van der Waals surface area contributed by atoms with Crippen molar-refractivity contribution in [1.82, 2.24) is 10.3 Å². The Labute approximate surface area is 188 Å². The van der Waals surface area contributed by atoms with Gasteiger partial charge in [0, 0.05) is 31.1 Å². The summed E-state index contributed by atoms with van der Waals surface area (Å²) in [5.74, 6) is 0.530. The van der Waals surface area contributed by atoms with E-state index in [2.05, 4.69) is 16.4 Å². The number of hydrogen-bond donors (Lipinski definition) is 1. The normalized spacial score (nSPS) is 18.3. The summed E-state index contributed by atoms with van der Waals surface area (Å²) in [6, 6.07) is 10.6. The zero-order valence-corrected chi connectivity index (χ0v) is 18.3. The van der Waals surface area contributed by atoms with Gasteiger partial charge < -0.3 is 24.4 Å². The third-order valence-electron chi connectivity index (χ3n) is 6.24. The van der Waals surface area contributed by atoms with E-state index in [1.807, 2.05) is 17.0 Å². The van der Waals surface area contributed by atoms with Crippen molar-refractivity contribution < 1.29 is 18.6 Å². The first kappa shape index (κ1) is 22.5. The minimum absolute atomic E-state index is 0.136. The van der Waals surface area contributed by atoms with Crippen LogP contribution in [0, 0.1) is 22.6 Å². The van der Waals surface area contributed by atoms with Gasteiger partial charge in [-0.15, -0.1) is 0 Å². The molecule has 4 rings (SSSR count). The summed E-state index contributed by atoms with van der Waals surface area (Å²) < 4.78 is 31.4. The maximum atomic E-state index is 14.2. The van der Waals surface area contributed by atoms with E-state index < -0.39 is 5.82 Å². The largest absolute Gasteiger partial charge is 0.494 e. The van der Waals surface area contributed by atoms with E-state index in [-0.39, 0.29) is 17.5 Å². The molecule has 0 radical (unpaired) electrons. The minimum atomic E-state index is -0.399. The number of halogens is 1. The van der Waals surface area contributed by atoms with E-state index in [0.29, 0.717) is 30.9 Å². The minimum Gasteiger partial charge on any atom is -0.494 e. The Morgan fingerprint density at radius 3 is 2.66 bits per heavy atom. The van der Waals surface area contributed by atoms with Crippen LogP contribution in [-0.2, 0) is 16.0 Å². The lowest BCUT2D eigenvalue weighted by Gasteiger charge is -2.43. The SMILES string of the molecule is COc1ccc(CN(CCC2OCC3(CCNCC3)CO2)c2ccc(C#N)cn2)cc1F. The summed E-state index contributed by atoms with van der Waals surface area (Å²) in [5.41, 5.74) is 1.43. The topological polar surface area (TPSA) is 79.6 Å². The van der Waals surface area contributed by atoms with Gasteiger partial charge in [-0.2, -0.15) is 5.26 Å². The monoisotopic (exact) mass is 440 g/mol. The molecule has 0 aliphatic carbocycles. The fraction of sp³-hybridized carbons (Fsp3) is 0.500. The predicted molar refractivity (Wildman–Crippen MR) is 118 cm³/mol. The number of pyridine rings is 1. The molecular formula is C24H29FN4O3. The summed E-state index contributed by atoms with van der Waals surface area (Å²) in [5, 5.41) is 12.5. The molecule has 2 aliphatic rings. The highest BCUT2D eigenvalue weighted by Gasteiger charge is 2.37. The van der Waals surface area contributed by atoms with Crippen molar-refractivity contribution in [2.24, 2.45) is 5.41 Å². The zero-order chi connectivity index (χ0) is 22.4. The van der Waals surface area contributed by atoms with E-state index in [9.17, 15) is 4.39 Å². The fourth-order valence-corrected chi connectivity index (χ4v) is 4.25. The van der Waals surface area contributed by atoms with Crippen LogP contribution in [0.5, 0.6) is 5.75 Å². The van der Waals surface area contributed by atoms with E-state index in [0.717, 1.165) is 44.7 Å². The number of methoxy groups -OCH3 is 1. The Bertz CT molecular complexity index is 931. The van der Waals surface area contributed by atoms with Crippen LogP contribution < -0.4 is 15.0 Å². The number of ether oxygens (including phenoxy) is 3. The van der Waals surface area contributed by atoms with Crippen molar-refractivity contribution in [3.63, 3.8) is 0 Å². The standard InChI is InChI=1S/C24H29FN4O3/c1-30-21-4-2-18(12-20(21)25)15-29(22-5-3-19(13-26)14-28-22)11-6-23-31-16-24(17-32-23)7-9-27-10-8-24/h2-5,12,14,23,27H,6-11,15-17H2,1H3. The first-order valence-electron chi connectivity index (χ1n) is 11.0. The second-order valence-corrected chi connectivity index (χ2v) is 8.50. The number of nitrogens with zero attached hydrogens (tertiary/aromatic N) is 3. The van der Waals surface area contributed by atoms with Crippen molar-refractivity contribution in [1.29, 1.82) is 5.26 Å². The maximum Gasteiger partial charge on any atom is 0.165 e. The molecule has 1 N–H and O–H groups in total. The quantitative estimate of drug-likeness (QED) is 0.708. The molecule has 3 heterocycles. The number of nitriles is 1. The van der Waals surface area contributed by atoms with Crippen LogP contribution in [-0.4, -0.2) is 51.2 Å². The Hall–Kier alpha value is -2.73. The van der Waals surface area contributed by atoms with Gasteiger partial charge in [-0.05, 0) is 55.8 Å². The molecule has 1 aromatic carbocycles. The molecule has 0 saturated carbocycles. The van der Waals surface area contributed by atoms with Gasteiger partial charge in [0.25, 0.3) is 0 Å². The molecule has 170 valence electrons. The van der Waals surface area contributed by atoms with Crippen LogP contribution in [0.15, 0.2) is 36.5 Å². The molecule has 0 unspecified atom stereocenters. The fourth-order valence-electron chi connectivity index (χ4n) is 4.25. The van der Waals surface area contributed by atoms with E-state index in [4.69, 9.17) is 19.5 Å². The lowest BCUT2D eigenvalue weighted by molar-refractivity contribution is -0.235. The lowest BCUT2D eigenvalue weighted by Crippen LogP contribution is -2.48. The van der Waals surface area contributed by atoms with Crippen LogP contribution in [0.1, 0.15) is 30.4 Å². The molecule has 0 atom stereocenters. The number of nitrogens with one attached hydrogen (secondary N) is 1. The highest BCUT2D eigenvalue weighted by atomic mass is 19.1. The van der Waals surface area contributed by atoms with E-state index >= 15 is 0 Å². The summed E-state index contributed by atoms with van der Waals surface area (Å²) in [7, 11) is 1.45. The summed E-state index contributed by atoms with van der Waals surface area (Å²) >= 11 is 0. The van der Waals surface area contributed by atoms with Gasteiger partial charge in [-0.3, -0.25) is 0 Å². The van der Waals surface area contributed by atoms with Gasteiger partial charge in [0.2, 0.25) is 0 Å². The second kappa shape index (κ2) is 10.3. The van der Waals surface area contributed by atoms with E-state index in [1.165, 1.54) is 13.2 Å². The molecular weight excluding hydrogens is 411 g/mol. The third kappa shape index (κ3) is 5.36. The molecule has 2 aromatic rings. The molecule has 1 aromatic heterocycles. The van der Waals surface area contributed by atoms with Crippen LogP contribution in [0.2, 0.25) is 0 Å². The first-order valence-corrected chi connectivity index (χ1v) is 11.0. The molecule has 2 saturated heterocycles. The first-order chi connectivity index (χ1) is 15.6. The van der Waals surface area contributed by atoms with Crippen molar-refractivity contribution >= 4 is 5.82 Å². The van der Waals surface area contributed by atoms with E-state index in [1.54, 1.807) is 18.3 Å². The number of benzene rings is 1. The van der Waals surface area contributed by atoms with Crippen molar-refractivity contribution in [3.8, 4) is 11.8 Å². The molecule has 0 amide bonds. The van der Waals surface area contributed by atoms with Gasteiger partial charge in [-0.1, -0.05) is 6.07 Å². The Kier molecular flexibility index (Phi) is 7.20. The predicted octanol–water partition coefficient (Wildman–Crippen LogP) is 3.24. The number of rotatable bonds is 7. The number of anilines is 1. The summed E-state index contributed by atoms with van der Waals surface area (Å²) in [6.45, 7) is 4.53. The summed E-state index contributed by atoms with van der Waals surface area (Å²) in [4.78, 5) is 6.48. The average Bonchev–Trinajstić information content (AvgIpc) is 2.83.